The van der Waals surface area contributed by atoms with Crippen molar-refractivity contribution in [3.05, 3.63) is 96.0 Å². The molecule has 1 N–H and O–H groups in total. The Bertz CT molecular complexity index is 1230. The summed E-state index contributed by atoms with van der Waals surface area (Å²) >= 11 is 0. The highest BCUT2D eigenvalue weighted by atomic mass is 16.2. The summed E-state index contributed by atoms with van der Waals surface area (Å²) in [6, 6.07) is 11.5. The fourth-order valence-electron chi connectivity index (χ4n) is 3.68. The summed E-state index contributed by atoms with van der Waals surface area (Å²) in [5.74, 6) is 0.0377. The van der Waals surface area contributed by atoms with Gasteiger partial charge in [0.2, 0.25) is 0 Å². The molecule has 1 aliphatic rings. The molecule has 0 unspecified atom stereocenters. The molecular weight excluding hydrogens is 392 g/mol. The highest BCUT2D eigenvalue weighted by molar-refractivity contribution is 5.94. The quantitative estimate of drug-likeness (QED) is 0.543. The van der Waals surface area contributed by atoms with Gasteiger partial charge in [-0.1, -0.05) is 12.1 Å². The predicted molar refractivity (Wildman–Crippen MR) is 113 cm³/mol. The maximum absolute atomic E-state index is 12.5. The van der Waals surface area contributed by atoms with Crippen LogP contribution in [0.25, 0.3) is 5.65 Å². The van der Waals surface area contributed by atoms with E-state index in [9.17, 15) is 9.59 Å². The number of rotatable bonds is 5. The van der Waals surface area contributed by atoms with Crippen molar-refractivity contribution in [2.75, 3.05) is 13.1 Å². The predicted octanol–water partition coefficient (Wildman–Crippen LogP) is 2.29. The second-order valence-corrected chi connectivity index (χ2v) is 7.53. The molecular formula is C23H20N6O2. The van der Waals surface area contributed by atoms with Gasteiger partial charge in [0.15, 0.2) is 0 Å². The van der Waals surface area contributed by atoms with E-state index in [0.29, 0.717) is 30.9 Å². The minimum atomic E-state index is -0.122. The Balaban J connectivity index is 1.15. The Morgan fingerprint density at radius 2 is 1.84 bits per heavy atom. The summed E-state index contributed by atoms with van der Waals surface area (Å²) in [5.41, 5.74) is 3.93. The standard InChI is InChI=1S/C23H20N6O2/c30-22(27-12-16-5-9-28-10-8-26-21(28)11-16)18-3-1-17(2-4-18)19-14-29(15-19)23(31)20-13-24-6-7-25-20/h1-11,13,19H,12,14-15H2,(H,27,30). The van der Waals surface area contributed by atoms with Crippen LogP contribution in [0, 0.1) is 0 Å². The van der Waals surface area contributed by atoms with E-state index in [1.165, 1.54) is 12.4 Å². The number of imidazole rings is 1. The second kappa shape index (κ2) is 7.98. The van der Waals surface area contributed by atoms with Gasteiger partial charge < -0.3 is 14.6 Å². The molecule has 1 fully saturated rings. The van der Waals surface area contributed by atoms with Crippen LogP contribution in [0.3, 0.4) is 0 Å². The zero-order valence-corrected chi connectivity index (χ0v) is 16.7. The third-order valence-corrected chi connectivity index (χ3v) is 5.51. The lowest BCUT2D eigenvalue weighted by Gasteiger charge is -2.39. The van der Waals surface area contributed by atoms with Gasteiger partial charge >= 0.3 is 0 Å². The molecule has 0 spiro atoms. The van der Waals surface area contributed by atoms with Crippen LogP contribution >= 0.6 is 0 Å². The zero-order valence-electron chi connectivity index (χ0n) is 16.7. The number of hydrogen-bond acceptors (Lipinski definition) is 5. The molecule has 8 heteroatoms. The van der Waals surface area contributed by atoms with Gasteiger partial charge in [0.1, 0.15) is 11.3 Å². The average molecular weight is 412 g/mol. The number of benzene rings is 1. The molecule has 0 atom stereocenters. The lowest BCUT2D eigenvalue weighted by Crippen LogP contribution is -2.48. The Morgan fingerprint density at radius 3 is 2.61 bits per heavy atom. The van der Waals surface area contributed by atoms with Crippen molar-refractivity contribution in [3.8, 4) is 0 Å². The smallest absolute Gasteiger partial charge is 0.274 e. The van der Waals surface area contributed by atoms with Gasteiger partial charge in [-0.25, -0.2) is 9.97 Å². The van der Waals surface area contributed by atoms with Gasteiger partial charge in [-0.05, 0) is 35.4 Å². The van der Waals surface area contributed by atoms with Crippen molar-refractivity contribution in [3.63, 3.8) is 0 Å². The van der Waals surface area contributed by atoms with E-state index in [4.69, 9.17) is 0 Å². The first kappa shape index (κ1) is 18.9. The summed E-state index contributed by atoms with van der Waals surface area (Å²) in [4.78, 5) is 38.9. The van der Waals surface area contributed by atoms with E-state index >= 15 is 0 Å². The number of hydrogen-bond donors (Lipinski definition) is 1. The van der Waals surface area contributed by atoms with Gasteiger partial charge in [0.05, 0.1) is 6.20 Å². The van der Waals surface area contributed by atoms with Crippen molar-refractivity contribution >= 4 is 17.5 Å². The minimum absolute atomic E-state index is 0.103. The van der Waals surface area contributed by atoms with Crippen LogP contribution in [0.15, 0.2) is 73.6 Å². The molecule has 0 bridgehead atoms. The molecule has 2 amide bonds. The van der Waals surface area contributed by atoms with E-state index in [0.717, 1.165) is 16.8 Å². The molecule has 1 aromatic carbocycles. The largest absolute Gasteiger partial charge is 0.348 e. The number of carbonyl (C=O) groups excluding carboxylic acids is 2. The summed E-state index contributed by atoms with van der Waals surface area (Å²) in [6.07, 6.45) is 10.1. The molecule has 31 heavy (non-hydrogen) atoms. The summed E-state index contributed by atoms with van der Waals surface area (Å²) < 4.78 is 1.92. The van der Waals surface area contributed by atoms with Gasteiger partial charge in [0, 0.05) is 62.1 Å². The van der Waals surface area contributed by atoms with E-state index in [2.05, 4.69) is 20.3 Å². The Labute approximate surface area is 178 Å². The molecule has 8 nitrogen and oxygen atoms in total. The molecule has 4 aromatic rings. The Kier molecular flexibility index (Phi) is 4.87. The number of pyridine rings is 1. The normalized spacial score (nSPS) is 13.7. The van der Waals surface area contributed by atoms with Gasteiger partial charge in [0.25, 0.3) is 11.8 Å². The van der Waals surface area contributed by atoms with Crippen LogP contribution in [0.4, 0.5) is 0 Å². The van der Waals surface area contributed by atoms with Crippen molar-refractivity contribution in [1.82, 2.24) is 29.6 Å². The topological polar surface area (TPSA) is 92.5 Å². The monoisotopic (exact) mass is 412 g/mol. The van der Waals surface area contributed by atoms with Crippen molar-refractivity contribution < 1.29 is 9.59 Å². The maximum atomic E-state index is 12.5. The van der Waals surface area contributed by atoms with Crippen LogP contribution in [0.5, 0.6) is 0 Å². The van der Waals surface area contributed by atoms with Crippen LogP contribution in [0.1, 0.15) is 37.9 Å². The average Bonchev–Trinajstić information content (AvgIpc) is 3.25. The van der Waals surface area contributed by atoms with Crippen LogP contribution in [-0.2, 0) is 6.54 Å². The van der Waals surface area contributed by atoms with E-state index in [1.807, 2.05) is 53.2 Å². The second-order valence-electron chi connectivity index (χ2n) is 7.53. The summed E-state index contributed by atoms with van der Waals surface area (Å²) in [6.45, 7) is 1.71. The first-order valence-electron chi connectivity index (χ1n) is 10.0. The zero-order chi connectivity index (χ0) is 21.2. The number of nitrogens with zero attached hydrogens (tertiary/aromatic N) is 5. The minimum Gasteiger partial charge on any atom is -0.348 e. The lowest BCUT2D eigenvalue weighted by atomic mass is 9.90. The van der Waals surface area contributed by atoms with E-state index in [-0.39, 0.29) is 17.7 Å². The van der Waals surface area contributed by atoms with Gasteiger partial charge in [-0.2, -0.15) is 0 Å². The molecule has 0 saturated carbocycles. The molecule has 4 heterocycles. The fraction of sp³-hybridized carbons (Fsp3) is 0.174. The number of likely N-dealkylation sites (tertiary alicyclic amines) is 1. The third-order valence-electron chi connectivity index (χ3n) is 5.51. The van der Waals surface area contributed by atoms with Crippen molar-refractivity contribution in [2.45, 2.75) is 12.5 Å². The molecule has 3 aromatic heterocycles. The highest BCUT2D eigenvalue weighted by Gasteiger charge is 2.32. The molecule has 5 rings (SSSR count). The first-order chi connectivity index (χ1) is 15.2. The number of amides is 2. The van der Waals surface area contributed by atoms with Crippen LogP contribution in [0.2, 0.25) is 0 Å². The number of carbonyl (C=O) groups is 2. The molecule has 0 aliphatic carbocycles. The van der Waals surface area contributed by atoms with Gasteiger partial charge in [-0.3, -0.25) is 14.6 Å². The summed E-state index contributed by atoms with van der Waals surface area (Å²) in [7, 11) is 0. The molecule has 0 radical (unpaired) electrons. The molecule has 154 valence electrons. The third kappa shape index (κ3) is 3.87. The number of aromatic nitrogens is 4. The van der Waals surface area contributed by atoms with Crippen LogP contribution < -0.4 is 5.32 Å². The molecule has 1 aliphatic heterocycles. The Hall–Kier alpha value is -4.07. The molecule has 1 saturated heterocycles. The summed E-state index contributed by atoms with van der Waals surface area (Å²) in [5, 5.41) is 2.95. The lowest BCUT2D eigenvalue weighted by molar-refractivity contribution is 0.0595. The van der Waals surface area contributed by atoms with E-state index in [1.54, 1.807) is 17.3 Å². The van der Waals surface area contributed by atoms with Gasteiger partial charge in [-0.15, -0.1) is 0 Å². The first-order valence-corrected chi connectivity index (χ1v) is 10.0. The van der Waals surface area contributed by atoms with Crippen molar-refractivity contribution in [2.24, 2.45) is 0 Å². The maximum Gasteiger partial charge on any atom is 0.274 e. The fourth-order valence-corrected chi connectivity index (χ4v) is 3.68. The SMILES string of the molecule is O=C(NCc1ccn2ccnc2c1)c1ccc(C2CN(C(=O)c3cnccn3)C2)cc1. The van der Waals surface area contributed by atoms with E-state index < -0.39 is 0 Å². The Morgan fingerprint density at radius 1 is 1.00 bits per heavy atom. The highest BCUT2D eigenvalue weighted by Crippen LogP contribution is 2.28. The number of fused-ring (bicyclic) bond motifs is 1. The number of nitrogens with one attached hydrogen (secondary N) is 1. The van der Waals surface area contributed by atoms with Crippen molar-refractivity contribution in [1.29, 1.82) is 0 Å². The van der Waals surface area contributed by atoms with Crippen LogP contribution in [-0.4, -0.2) is 49.2 Å².